The number of hydrogen-bond acceptors (Lipinski definition) is 4. The van der Waals surface area contributed by atoms with Crippen LogP contribution in [-0.4, -0.2) is 87.2 Å². The fourth-order valence-electron chi connectivity index (χ4n) is 5.96. The zero-order valence-corrected chi connectivity index (χ0v) is 23.5. The lowest BCUT2D eigenvalue weighted by atomic mass is 9.97. The van der Waals surface area contributed by atoms with Gasteiger partial charge in [0.05, 0.1) is 0 Å². The van der Waals surface area contributed by atoms with Crippen LogP contribution in [0.2, 0.25) is 0 Å². The van der Waals surface area contributed by atoms with Gasteiger partial charge >= 0.3 is 0 Å². The summed E-state index contributed by atoms with van der Waals surface area (Å²) in [6.07, 6.45) is 27.4. The second-order valence-corrected chi connectivity index (χ2v) is 11.6. The monoisotopic (exact) mass is 478 g/mol. The van der Waals surface area contributed by atoms with Gasteiger partial charge in [0, 0.05) is 32.2 Å². The third-order valence-corrected chi connectivity index (χ3v) is 8.41. The summed E-state index contributed by atoms with van der Waals surface area (Å²) in [5.74, 6) is 0. The first-order valence-corrected chi connectivity index (χ1v) is 15.6. The molecule has 1 heterocycles. The van der Waals surface area contributed by atoms with E-state index >= 15 is 0 Å². The van der Waals surface area contributed by atoms with Crippen molar-refractivity contribution in [2.75, 3.05) is 66.5 Å². The molecule has 4 heteroatoms. The maximum Gasteiger partial charge on any atom is 0.0112 e. The van der Waals surface area contributed by atoms with E-state index in [-0.39, 0.29) is 0 Å². The van der Waals surface area contributed by atoms with Crippen molar-refractivity contribution in [2.24, 2.45) is 0 Å². The summed E-state index contributed by atoms with van der Waals surface area (Å²) >= 11 is 0. The fourth-order valence-corrected chi connectivity index (χ4v) is 5.96. The van der Waals surface area contributed by atoms with E-state index in [0.29, 0.717) is 0 Å². The van der Waals surface area contributed by atoms with Gasteiger partial charge < -0.3 is 15.1 Å². The standard InChI is InChI=1S/C30H62N4/c1-32-24-17-14-18-26-34(29-28-33(2)25-19-22-31-23-27-32)30-20-15-12-10-8-6-4-3-5-7-9-11-13-16-21-30/h30-31H,3-29H2,1-2H3. The molecule has 0 bridgehead atoms. The predicted octanol–water partition coefficient (Wildman–Crippen LogP) is 6.55. The Morgan fingerprint density at radius 2 is 0.882 bits per heavy atom. The van der Waals surface area contributed by atoms with Gasteiger partial charge in [-0.25, -0.2) is 0 Å². The summed E-state index contributed by atoms with van der Waals surface area (Å²) in [6.45, 7) is 9.79. The number of hydrogen-bond donors (Lipinski definition) is 1. The molecular formula is C30H62N4. The van der Waals surface area contributed by atoms with E-state index in [1.54, 1.807) is 0 Å². The molecule has 1 saturated carbocycles. The van der Waals surface area contributed by atoms with Crippen molar-refractivity contribution in [1.82, 2.24) is 20.0 Å². The number of likely N-dealkylation sites (N-methyl/N-ethyl adjacent to an activating group) is 2. The van der Waals surface area contributed by atoms with Crippen LogP contribution in [0.3, 0.4) is 0 Å². The lowest BCUT2D eigenvalue weighted by molar-refractivity contribution is 0.146. The first-order valence-electron chi connectivity index (χ1n) is 15.6. The van der Waals surface area contributed by atoms with Gasteiger partial charge in [0.1, 0.15) is 0 Å². The van der Waals surface area contributed by atoms with E-state index in [0.717, 1.165) is 19.1 Å². The molecular weight excluding hydrogens is 416 g/mol. The van der Waals surface area contributed by atoms with Gasteiger partial charge in [-0.2, -0.15) is 0 Å². The molecule has 4 nitrogen and oxygen atoms in total. The maximum absolute atomic E-state index is 3.65. The highest BCUT2D eigenvalue weighted by Crippen LogP contribution is 2.21. The first kappa shape index (κ1) is 30.1. The molecule has 34 heavy (non-hydrogen) atoms. The average Bonchev–Trinajstić information content (AvgIpc) is 2.82. The maximum atomic E-state index is 3.65. The highest BCUT2D eigenvalue weighted by Gasteiger charge is 2.18. The van der Waals surface area contributed by atoms with Gasteiger partial charge in [0.15, 0.2) is 0 Å². The highest BCUT2D eigenvalue weighted by atomic mass is 15.2. The molecule has 0 atom stereocenters. The number of nitrogens with one attached hydrogen (secondary N) is 1. The first-order chi connectivity index (χ1) is 16.8. The molecule has 2 aliphatic rings. The Kier molecular flexibility index (Phi) is 18.5. The lowest BCUT2D eigenvalue weighted by Gasteiger charge is -2.34. The fraction of sp³-hybridized carbons (Fsp3) is 1.00. The Bertz CT molecular complexity index is 428. The zero-order chi connectivity index (χ0) is 24.1. The molecule has 0 spiro atoms. The van der Waals surface area contributed by atoms with Gasteiger partial charge in [-0.05, 0) is 72.4 Å². The molecule has 0 aromatic heterocycles. The average molecular weight is 479 g/mol. The summed E-state index contributed by atoms with van der Waals surface area (Å²) < 4.78 is 0. The Balaban J connectivity index is 1.90. The molecule has 0 aromatic carbocycles. The van der Waals surface area contributed by atoms with Crippen LogP contribution < -0.4 is 5.32 Å². The van der Waals surface area contributed by atoms with E-state index in [4.69, 9.17) is 0 Å². The Morgan fingerprint density at radius 1 is 0.412 bits per heavy atom. The van der Waals surface area contributed by atoms with Crippen LogP contribution in [-0.2, 0) is 0 Å². The molecule has 1 aliphatic heterocycles. The molecule has 1 N–H and O–H groups in total. The SMILES string of the molecule is CN1CCCCCN(C2CCCCCCCCCCCCCCC2)CCN(C)CCCNCC1. The third-order valence-electron chi connectivity index (χ3n) is 8.41. The number of nitrogens with zero attached hydrogens (tertiary/aromatic N) is 3. The van der Waals surface area contributed by atoms with Gasteiger partial charge in [0.25, 0.3) is 0 Å². The van der Waals surface area contributed by atoms with Crippen molar-refractivity contribution >= 4 is 0 Å². The molecule has 0 aromatic rings. The molecule has 1 aliphatic carbocycles. The van der Waals surface area contributed by atoms with Gasteiger partial charge in [-0.15, -0.1) is 0 Å². The zero-order valence-electron chi connectivity index (χ0n) is 23.5. The van der Waals surface area contributed by atoms with E-state index in [2.05, 4.69) is 34.1 Å². The third kappa shape index (κ3) is 15.8. The van der Waals surface area contributed by atoms with Crippen LogP contribution in [0, 0.1) is 0 Å². The van der Waals surface area contributed by atoms with Crippen LogP contribution >= 0.6 is 0 Å². The molecule has 202 valence electrons. The van der Waals surface area contributed by atoms with E-state index in [1.165, 1.54) is 161 Å². The summed E-state index contributed by atoms with van der Waals surface area (Å²) in [4.78, 5) is 8.04. The van der Waals surface area contributed by atoms with Crippen LogP contribution in [0.25, 0.3) is 0 Å². The normalized spacial score (nSPS) is 26.3. The topological polar surface area (TPSA) is 21.8 Å². The highest BCUT2D eigenvalue weighted by molar-refractivity contribution is 4.75. The van der Waals surface area contributed by atoms with Crippen molar-refractivity contribution in [2.45, 2.75) is 128 Å². The molecule has 0 amide bonds. The number of rotatable bonds is 1. The Morgan fingerprint density at radius 3 is 1.50 bits per heavy atom. The second-order valence-electron chi connectivity index (χ2n) is 11.6. The largest absolute Gasteiger partial charge is 0.315 e. The van der Waals surface area contributed by atoms with Crippen LogP contribution in [0.4, 0.5) is 0 Å². The van der Waals surface area contributed by atoms with Crippen molar-refractivity contribution in [3.05, 3.63) is 0 Å². The lowest BCUT2D eigenvalue weighted by Crippen LogP contribution is -2.41. The van der Waals surface area contributed by atoms with Crippen LogP contribution in [0.15, 0.2) is 0 Å². The van der Waals surface area contributed by atoms with Crippen molar-refractivity contribution in [3.8, 4) is 0 Å². The van der Waals surface area contributed by atoms with Gasteiger partial charge in [0.2, 0.25) is 0 Å². The van der Waals surface area contributed by atoms with E-state index < -0.39 is 0 Å². The van der Waals surface area contributed by atoms with Crippen molar-refractivity contribution < 1.29 is 0 Å². The predicted molar refractivity (Wildman–Crippen MR) is 151 cm³/mol. The van der Waals surface area contributed by atoms with Crippen LogP contribution in [0.5, 0.6) is 0 Å². The van der Waals surface area contributed by atoms with Crippen molar-refractivity contribution in [3.63, 3.8) is 0 Å². The summed E-state index contributed by atoms with van der Waals surface area (Å²) in [5, 5.41) is 3.65. The van der Waals surface area contributed by atoms with Gasteiger partial charge in [-0.1, -0.05) is 89.9 Å². The van der Waals surface area contributed by atoms with Crippen molar-refractivity contribution in [1.29, 1.82) is 0 Å². The quantitative estimate of drug-likeness (QED) is 0.461. The summed E-state index contributed by atoms with van der Waals surface area (Å²) in [6, 6.07) is 0.824. The minimum atomic E-state index is 0.824. The molecule has 0 radical (unpaired) electrons. The van der Waals surface area contributed by atoms with E-state index in [9.17, 15) is 0 Å². The summed E-state index contributed by atoms with van der Waals surface area (Å²) in [7, 11) is 4.64. The van der Waals surface area contributed by atoms with Gasteiger partial charge in [-0.3, -0.25) is 4.90 Å². The summed E-state index contributed by atoms with van der Waals surface area (Å²) in [5.41, 5.74) is 0. The molecule has 1 saturated heterocycles. The Hall–Kier alpha value is -0.160. The Labute approximate surface area is 214 Å². The van der Waals surface area contributed by atoms with E-state index in [1.807, 2.05) is 0 Å². The molecule has 2 rings (SSSR count). The molecule has 0 unspecified atom stereocenters. The second kappa shape index (κ2) is 21.0. The minimum Gasteiger partial charge on any atom is -0.315 e. The molecule has 2 fully saturated rings. The van der Waals surface area contributed by atoms with Crippen LogP contribution in [0.1, 0.15) is 122 Å². The smallest absolute Gasteiger partial charge is 0.0112 e. The minimum absolute atomic E-state index is 0.824.